The Morgan fingerprint density at radius 1 is 0.556 bits per heavy atom. The first-order valence-corrected chi connectivity index (χ1v) is 14.5. The molecule has 45 heavy (non-hydrogen) atoms. The standard InChI is InChI=1S/C38H25N5O2/c1-39-33(35-34(40-2)29-15-9-10-16-30(29)45-35)25-17-19-27-28-20-18-26(22-32(28)44-31(27)21-25)38-42-36(23-11-5-3-6-12-23)41-37(43-38)24-13-7-4-8-14-24/h3-22H,2H2,1H3/b39-33-. The van der Waals surface area contributed by atoms with Crippen molar-refractivity contribution in [3.05, 3.63) is 133 Å². The zero-order valence-electron chi connectivity index (χ0n) is 24.3. The summed E-state index contributed by atoms with van der Waals surface area (Å²) < 4.78 is 12.6. The van der Waals surface area contributed by atoms with Gasteiger partial charge in [0.05, 0.1) is 0 Å². The second kappa shape index (κ2) is 10.8. The SMILES string of the molecule is C=Nc1c(/C(=N\C)c2ccc3c(c2)oc2cc(-c4nc(-c5ccccc5)nc(-c5ccccc5)n4)ccc23)oc2ccccc12. The fourth-order valence-electron chi connectivity index (χ4n) is 5.71. The van der Waals surface area contributed by atoms with Crippen LogP contribution in [0.4, 0.5) is 5.69 Å². The predicted molar refractivity (Wildman–Crippen MR) is 180 cm³/mol. The van der Waals surface area contributed by atoms with E-state index in [1.54, 1.807) is 7.05 Å². The quantitative estimate of drug-likeness (QED) is 0.182. The summed E-state index contributed by atoms with van der Waals surface area (Å²) in [6, 6.07) is 39.8. The van der Waals surface area contributed by atoms with E-state index in [-0.39, 0.29) is 0 Å². The van der Waals surface area contributed by atoms with Crippen LogP contribution in [0.15, 0.2) is 140 Å². The van der Waals surface area contributed by atoms with Gasteiger partial charge in [0.15, 0.2) is 23.2 Å². The van der Waals surface area contributed by atoms with Crippen molar-refractivity contribution in [1.82, 2.24) is 15.0 Å². The molecule has 0 radical (unpaired) electrons. The molecule has 0 atom stereocenters. The summed E-state index contributed by atoms with van der Waals surface area (Å²) >= 11 is 0. The van der Waals surface area contributed by atoms with Gasteiger partial charge in [-0.05, 0) is 43.1 Å². The van der Waals surface area contributed by atoms with E-state index in [9.17, 15) is 0 Å². The van der Waals surface area contributed by atoms with Gasteiger partial charge in [-0.2, -0.15) is 0 Å². The Morgan fingerprint density at radius 2 is 1.13 bits per heavy atom. The molecular formula is C38H25N5O2. The molecular weight excluding hydrogens is 558 g/mol. The average Bonchev–Trinajstić information content (AvgIpc) is 3.66. The highest BCUT2D eigenvalue weighted by Gasteiger charge is 2.21. The molecule has 5 aromatic carbocycles. The van der Waals surface area contributed by atoms with Gasteiger partial charge in [0, 0.05) is 45.5 Å². The lowest BCUT2D eigenvalue weighted by atomic mass is 10.0. The molecule has 3 aromatic heterocycles. The molecule has 0 unspecified atom stereocenters. The molecule has 0 saturated carbocycles. The molecule has 8 aromatic rings. The van der Waals surface area contributed by atoms with Crippen molar-refractivity contribution in [1.29, 1.82) is 0 Å². The Kier molecular flexibility index (Phi) is 6.35. The largest absolute Gasteiger partial charge is 0.456 e. The lowest BCUT2D eigenvalue weighted by molar-refractivity contribution is 0.606. The second-order valence-corrected chi connectivity index (χ2v) is 10.6. The molecule has 0 aliphatic heterocycles. The molecule has 0 aliphatic rings. The van der Waals surface area contributed by atoms with Crippen LogP contribution in [0.2, 0.25) is 0 Å². The van der Waals surface area contributed by atoms with Crippen molar-refractivity contribution in [2.75, 3.05) is 7.05 Å². The van der Waals surface area contributed by atoms with Crippen LogP contribution in [0.25, 0.3) is 67.1 Å². The number of aromatic nitrogens is 3. The first kappa shape index (κ1) is 26.4. The van der Waals surface area contributed by atoms with Crippen molar-refractivity contribution in [3.8, 4) is 34.2 Å². The van der Waals surface area contributed by atoms with Crippen LogP contribution in [0, 0.1) is 0 Å². The molecule has 214 valence electrons. The van der Waals surface area contributed by atoms with Gasteiger partial charge in [-0.25, -0.2) is 15.0 Å². The van der Waals surface area contributed by atoms with Crippen LogP contribution >= 0.6 is 0 Å². The van der Waals surface area contributed by atoms with Gasteiger partial charge in [-0.3, -0.25) is 9.98 Å². The molecule has 0 fully saturated rings. The summed E-state index contributed by atoms with van der Waals surface area (Å²) in [5.41, 5.74) is 7.06. The van der Waals surface area contributed by atoms with Crippen molar-refractivity contribution >= 4 is 51.0 Å². The summed E-state index contributed by atoms with van der Waals surface area (Å²) in [5, 5.41) is 2.88. The third-order valence-corrected chi connectivity index (χ3v) is 7.87. The van der Waals surface area contributed by atoms with Crippen molar-refractivity contribution in [2.24, 2.45) is 9.98 Å². The third kappa shape index (κ3) is 4.58. The summed E-state index contributed by atoms with van der Waals surface area (Å²) in [7, 11) is 1.74. The minimum absolute atomic E-state index is 0.570. The van der Waals surface area contributed by atoms with Crippen molar-refractivity contribution in [3.63, 3.8) is 0 Å². The fourth-order valence-corrected chi connectivity index (χ4v) is 5.71. The summed E-state index contributed by atoms with van der Waals surface area (Å²) in [4.78, 5) is 23.4. The molecule has 0 N–H and O–H groups in total. The van der Waals surface area contributed by atoms with Gasteiger partial charge in [0.2, 0.25) is 0 Å². The Balaban J connectivity index is 1.23. The van der Waals surface area contributed by atoms with Gasteiger partial charge in [-0.1, -0.05) is 84.9 Å². The van der Waals surface area contributed by atoms with Crippen molar-refractivity contribution in [2.45, 2.75) is 0 Å². The van der Waals surface area contributed by atoms with Crippen LogP contribution in [0.3, 0.4) is 0 Å². The number of benzene rings is 5. The number of fused-ring (bicyclic) bond motifs is 4. The smallest absolute Gasteiger partial charge is 0.179 e. The fraction of sp³-hybridized carbons (Fsp3) is 0.0263. The first-order valence-electron chi connectivity index (χ1n) is 14.5. The Labute approximate surface area is 258 Å². The Hall–Kier alpha value is -6.21. The molecule has 7 nitrogen and oxygen atoms in total. The summed E-state index contributed by atoms with van der Waals surface area (Å²) in [6.07, 6.45) is 0. The van der Waals surface area contributed by atoms with Gasteiger partial charge < -0.3 is 8.83 Å². The number of nitrogens with zero attached hydrogens (tertiary/aromatic N) is 5. The van der Waals surface area contributed by atoms with Crippen LogP contribution in [0.1, 0.15) is 11.3 Å². The highest BCUT2D eigenvalue weighted by Crippen LogP contribution is 2.37. The normalized spacial score (nSPS) is 11.9. The van der Waals surface area contributed by atoms with E-state index >= 15 is 0 Å². The zero-order valence-corrected chi connectivity index (χ0v) is 24.3. The zero-order chi connectivity index (χ0) is 30.3. The molecule has 0 saturated heterocycles. The van der Waals surface area contributed by atoms with E-state index in [2.05, 4.69) is 28.8 Å². The lowest BCUT2D eigenvalue weighted by Crippen LogP contribution is -2.02. The summed E-state index contributed by atoms with van der Waals surface area (Å²) in [5.74, 6) is 2.36. The topological polar surface area (TPSA) is 89.7 Å². The van der Waals surface area contributed by atoms with Crippen LogP contribution in [0.5, 0.6) is 0 Å². The number of aliphatic imine (C=N–C) groups is 2. The van der Waals surface area contributed by atoms with Gasteiger partial charge in [0.1, 0.15) is 28.1 Å². The molecule has 3 heterocycles. The van der Waals surface area contributed by atoms with E-state index < -0.39 is 0 Å². The predicted octanol–water partition coefficient (Wildman–Crippen LogP) is 9.32. The highest BCUT2D eigenvalue weighted by atomic mass is 16.3. The number of hydrogen-bond acceptors (Lipinski definition) is 7. The lowest BCUT2D eigenvalue weighted by Gasteiger charge is -2.08. The number of rotatable bonds is 6. The van der Waals surface area contributed by atoms with Gasteiger partial charge in [-0.15, -0.1) is 0 Å². The summed E-state index contributed by atoms with van der Waals surface area (Å²) in [6.45, 7) is 3.78. The molecule has 0 spiro atoms. The van der Waals surface area contributed by atoms with E-state index in [0.29, 0.717) is 34.6 Å². The van der Waals surface area contributed by atoms with E-state index in [4.69, 9.17) is 23.8 Å². The average molecular weight is 584 g/mol. The maximum absolute atomic E-state index is 6.44. The van der Waals surface area contributed by atoms with E-state index in [1.165, 1.54) is 0 Å². The van der Waals surface area contributed by atoms with Crippen LogP contribution < -0.4 is 0 Å². The van der Waals surface area contributed by atoms with Crippen LogP contribution in [-0.2, 0) is 0 Å². The second-order valence-electron chi connectivity index (χ2n) is 10.6. The maximum atomic E-state index is 6.44. The van der Waals surface area contributed by atoms with Crippen LogP contribution in [-0.4, -0.2) is 34.4 Å². The van der Waals surface area contributed by atoms with Gasteiger partial charge in [0.25, 0.3) is 0 Å². The molecule has 0 amide bonds. The molecule has 7 heteroatoms. The van der Waals surface area contributed by atoms with E-state index in [1.807, 2.05) is 109 Å². The van der Waals surface area contributed by atoms with E-state index in [0.717, 1.165) is 55.2 Å². The maximum Gasteiger partial charge on any atom is 0.179 e. The van der Waals surface area contributed by atoms with Crippen molar-refractivity contribution < 1.29 is 8.83 Å². The minimum atomic E-state index is 0.570. The Morgan fingerprint density at radius 3 is 1.78 bits per heavy atom. The third-order valence-electron chi connectivity index (χ3n) is 7.87. The molecule has 8 rings (SSSR count). The highest BCUT2D eigenvalue weighted by molar-refractivity contribution is 6.19. The number of para-hydroxylation sites is 1. The monoisotopic (exact) mass is 583 g/mol. The van der Waals surface area contributed by atoms with Gasteiger partial charge >= 0.3 is 0 Å². The first-order chi connectivity index (χ1) is 22.2. The minimum Gasteiger partial charge on any atom is -0.456 e. The Bertz CT molecular complexity index is 2350. The molecule has 0 aliphatic carbocycles. The number of furan rings is 2. The number of hydrogen-bond donors (Lipinski definition) is 0. The molecule has 0 bridgehead atoms.